The number of nitrogens with zero attached hydrogens (tertiary/aromatic N) is 3. The predicted molar refractivity (Wildman–Crippen MR) is 127 cm³/mol. The summed E-state index contributed by atoms with van der Waals surface area (Å²) >= 11 is 2.64. The van der Waals surface area contributed by atoms with Gasteiger partial charge in [0.25, 0.3) is 16.8 Å². The van der Waals surface area contributed by atoms with Crippen molar-refractivity contribution in [2.24, 2.45) is 0 Å². The molecule has 6 rings (SSSR count). The van der Waals surface area contributed by atoms with Crippen LogP contribution in [-0.4, -0.2) is 14.3 Å². The highest BCUT2D eigenvalue weighted by atomic mass is 32.1. The first kappa shape index (κ1) is 20.0. The van der Waals surface area contributed by atoms with E-state index in [1.807, 2.05) is 0 Å². The molecule has 164 valence electrons. The van der Waals surface area contributed by atoms with E-state index in [4.69, 9.17) is 4.42 Å². The fraction of sp³-hybridized carbons (Fsp3) is 0.174. The second kappa shape index (κ2) is 7.46. The van der Waals surface area contributed by atoms with Crippen LogP contribution in [0.2, 0.25) is 0 Å². The van der Waals surface area contributed by atoms with Gasteiger partial charge in [0.2, 0.25) is 4.96 Å². The Hall–Kier alpha value is -3.63. The molecule has 0 aliphatic heterocycles. The van der Waals surface area contributed by atoms with Crippen LogP contribution >= 0.6 is 22.7 Å². The number of hydrogen-bond acceptors (Lipinski definition) is 8. The molecule has 0 atom stereocenters. The van der Waals surface area contributed by atoms with E-state index >= 15 is 0 Å². The Morgan fingerprint density at radius 3 is 2.76 bits per heavy atom. The second-order valence-electron chi connectivity index (χ2n) is 7.82. The topological polar surface area (TPSA) is 108 Å². The van der Waals surface area contributed by atoms with Gasteiger partial charge in [0.1, 0.15) is 20.9 Å². The molecule has 4 heterocycles. The summed E-state index contributed by atoms with van der Waals surface area (Å²) in [6.07, 6.45) is 5.48. The van der Waals surface area contributed by atoms with Crippen molar-refractivity contribution in [1.29, 1.82) is 0 Å². The minimum absolute atomic E-state index is 0.0587. The van der Waals surface area contributed by atoms with E-state index in [9.17, 15) is 19.7 Å². The van der Waals surface area contributed by atoms with Crippen molar-refractivity contribution in [3.63, 3.8) is 0 Å². The minimum atomic E-state index is -0.461. The normalized spacial score (nSPS) is 14.2. The van der Waals surface area contributed by atoms with E-state index in [0.29, 0.717) is 36.8 Å². The summed E-state index contributed by atoms with van der Waals surface area (Å²) in [4.78, 5) is 43.3. The zero-order valence-corrected chi connectivity index (χ0v) is 18.7. The number of aryl methyl sites for hydroxylation is 2. The monoisotopic (exact) mass is 477 g/mol. The highest BCUT2D eigenvalue weighted by molar-refractivity contribution is 7.19. The highest BCUT2D eigenvalue weighted by Crippen LogP contribution is 2.34. The molecule has 0 N–H and O–H groups in total. The van der Waals surface area contributed by atoms with E-state index in [1.54, 1.807) is 36.4 Å². The quantitative estimate of drug-likeness (QED) is 0.288. The van der Waals surface area contributed by atoms with E-state index in [2.05, 4.69) is 4.98 Å². The molecule has 1 aliphatic rings. The number of nitro benzene ring substituents is 1. The molecular weight excluding hydrogens is 462 g/mol. The lowest BCUT2D eigenvalue weighted by Crippen LogP contribution is -2.24. The number of hydrogen-bond donors (Lipinski definition) is 0. The van der Waals surface area contributed by atoms with Gasteiger partial charge in [0.15, 0.2) is 0 Å². The molecule has 0 fully saturated rings. The van der Waals surface area contributed by atoms with Crippen LogP contribution in [0.3, 0.4) is 0 Å². The maximum absolute atomic E-state index is 13.3. The summed E-state index contributed by atoms with van der Waals surface area (Å²) < 4.78 is 7.72. The summed E-state index contributed by atoms with van der Waals surface area (Å²) in [5.74, 6) is 0.722. The van der Waals surface area contributed by atoms with Gasteiger partial charge in [-0.1, -0.05) is 23.5 Å². The average Bonchev–Trinajstić information content (AvgIpc) is 3.50. The van der Waals surface area contributed by atoms with Gasteiger partial charge < -0.3 is 4.42 Å². The van der Waals surface area contributed by atoms with Crippen molar-refractivity contribution >= 4 is 49.6 Å². The zero-order chi connectivity index (χ0) is 22.7. The summed E-state index contributed by atoms with van der Waals surface area (Å²) in [5.41, 5.74) is 0.809. The predicted octanol–water partition coefficient (Wildman–Crippen LogP) is 3.93. The van der Waals surface area contributed by atoms with Gasteiger partial charge in [-0.2, -0.15) is 4.98 Å². The Bertz CT molecular complexity index is 1760. The molecule has 0 saturated heterocycles. The Morgan fingerprint density at radius 1 is 1.09 bits per heavy atom. The number of aromatic nitrogens is 2. The Morgan fingerprint density at radius 2 is 1.91 bits per heavy atom. The standard InChI is InChI=1S/C23H15N3O5S2/c27-20-19-14-6-2-4-8-17(14)32-22(19)25-21(28)18(33-23(25)24-20)11-12-9-10-16(31-12)13-5-1-3-7-15(13)26(29)30/h1,3,5,7,9-11H,2,4,6,8H2/b18-11-. The smallest absolute Gasteiger partial charge is 0.282 e. The van der Waals surface area contributed by atoms with Crippen molar-refractivity contribution in [3.8, 4) is 11.3 Å². The van der Waals surface area contributed by atoms with Gasteiger partial charge in [0, 0.05) is 17.0 Å². The lowest BCUT2D eigenvalue weighted by molar-refractivity contribution is -0.384. The number of thiazole rings is 1. The highest BCUT2D eigenvalue weighted by Gasteiger charge is 2.22. The molecule has 33 heavy (non-hydrogen) atoms. The van der Waals surface area contributed by atoms with E-state index in [1.165, 1.54) is 26.7 Å². The Balaban J connectivity index is 1.52. The van der Waals surface area contributed by atoms with Gasteiger partial charge in [-0.05, 0) is 49.4 Å². The number of rotatable bonds is 3. The molecular formula is C23H15N3O5S2. The second-order valence-corrected chi connectivity index (χ2v) is 9.91. The molecule has 4 aromatic heterocycles. The van der Waals surface area contributed by atoms with Crippen molar-refractivity contribution in [3.05, 3.63) is 88.0 Å². The Labute approximate surface area is 193 Å². The third-order valence-corrected chi connectivity index (χ3v) is 8.09. The van der Waals surface area contributed by atoms with Crippen LogP contribution in [0.15, 0.2) is 50.4 Å². The zero-order valence-electron chi connectivity index (χ0n) is 17.1. The molecule has 8 nitrogen and oxygen atoms in total. The van der Waals surface area contributed by atoms with Gasteiger partial charge in [-0.3, -0.25) is 19.7 Å². The van der Waals surface area contributed by atoms with Crippen LogP contribution in [0, 0.1) is 10.1 Å². The van der Waals surface area contributed by atoms with Gasteiger partial charge >= 0.3 is 0 Å². The summed E-state index contributed by atoms with van der Waals surface area (Å²) in [5, 5.41) is 11.9. The number of fused-ring (bicyclic) bond motifs is 5. The largest absolute Gasteiger partial charge is 0.456 e. The molecule has 1 aliphatic carbocycles. The summed E-state index contributed by atoms with van der Waals surface area (Å²) in [7, 11) is 0. The van der Waals surface area contributed by atoms with Crippen LogP contribution < -0.4 is 15.7 Å². The fourth-order valence-corrected chi connectivity index (χ4v) is 6.73. The Kier molecular flexibility index (Phi) is 4.52. The molecule has 0 saturated carbocycles. The maximum atomic E-state index is 13.3. The SMILES string of the molecule is O=c1nc2s/c(=C\c3ccc(-c4ccccc4[N+](=O)[O-])o3)c(=O)n2c2sc3c(c12)CCCC3. The van der Waals surface area contributed by atoms with Gasteiger partial charge in [-0.15, -0.1) is 11.3 Å². The summed E-state index contributed by atoms with van der Waals surface area (Å²) in [6.45, 7) is 0. The number of para-hydroxylation sites is 1. The molecule has 10 heteroatoms. The maximum Gasteiger partial charge on any atom is 0.282 e. The lowest BCUT2D eigenvalue weighted by atomic mass is 9.97. The minimum Gasteiger partial charge on any atom is -0.456 e. The van der Waals surface area contributed by atoms with E-state index in [0.717, 1.165) is 42.6 Å². The summed E-state index contributed by atoms with van der Waals surface area (Å²) in [6, 6.07) is 9.62. The first-order valence-corrected chi connectivity index (χ1v) is 12.0. The number of nitro groups is 1. The molecule has 1 aromatic carbocycles. The molecule has 0 bridgehead atoms. The van der Waals surface area contributed by atoms with Crippen molar-refractivity contribution in [2.45, 2.75) is 25.7 Å². The number of benzene rings is 1. The van der Waals surface area contributed by atoms with Gasteiger partial charge in [-0.25, -0.2) is 4.40 Å². The first-order valence-electron chi connectivity index (χ1n) is 10.4. The molecule has 0 radical (unpaired) electrons. The lowest BCUT2D eigenvalue weighted by Gasteiger charge is -2.09. The van der Waals surface area contributed by atoms with Crippen molar-refractivity contribution in [2.75, 3.05) is 0 Å². The third-order valence-electron chi connectivity index (χ3n) is 5.84. The third kappa shape index (κ3) is 3.13. The molecule has 0 amide bonds. The van der Waals surface area contributed by atoms with E-state index < -0.39 is 4.92 Å². The van der Waals surface area contributed by atoms with E-state index in [-0.39, 0.29) is 16.8 Å². The molecule has 0 unspecified atom stereocenters. The van der Waals surface area contributed by atoms with Crippen LogP contribution in [0.25, 0.3) is 32.6 Å². The average molecular weight is 478 g/mol. The van der Waals surface area contributed by atoms with Crippen molar-refractivity contribution in [1.82, 2.24) is 9.38 Å². The first-order chi connectivity index (χ1) is 16.0. The van der Waals surface area contributed by atoms with Gasteiger partial charge in [0.05, 0.1) is 15.9 Å². The van der Waals surface area contributed by atoms with Crippen LogP contribution in [-0.2, 0) is 12.8 Å². The molecule has 0 spiro atoms. The fourth-order valence-electron chi connectivity index (χ4n) is 4.35. The van der Waals surface area contributed by atoms with Crippen LogP contribution in [0.5, 0.6) is 0 Å². The number of furan rings is 1. The number of thiophene rings is 1. The van der Waals surface area contributed by atoms with Crippen molar-refractivity contribution < 1.29 is 9.34 Å². The van der Waals surface area contributed by atoms with Crippen LogP contribution in [0.1, 0.15) is 29.0 Å². The molecule has 5 aromatic rings. The van der Waals surface area contributed by atoms with Crippen LogP contribution in [0.4, 0.5) is 5.69 Å².